The second-order valence-electron chi connectivity index (χ2n) is 2.74. The van der Waals surface area contributed by atoms with E-state index in [1.807, 2.05) is 30.3 Å². The number of amidine groups is 1. The van der Waals surface area contributed by atoms with Crippen molar-refractivity contribution in [1.29, 1.82) is 0 Å². The fourth-order valence-electron chi connectivity index (χ4n) is 0.936. The highest BCUT2D eigenvalue weighted by Gasteiger charge is 1.98. The Kier molecular flexibility index (Phi) is 3.67. The average molecular weight is 191 g/mol. The largest absolute Gasteiger partial charge is 0.383 e. The van der Waals surface area contributed by atoms with Gasteiger partial charge in [0.15, 0.2) is 0 Å². The summed E-state index contributed by atoms with van der Waals surface area (Å²) in [4.78, 5) is 14.8. The van der Waals surface area contributed by atoms with Crippen LogP contribution in [0.3, 0.4) is 0 Å². The molecule has 0 saturated heterocycles. The third-order valence-electron chi connectivity index (χ3n) is 1.74. The summed E-state index contributed by atoms with van der Waals surface area (Å²) in [5.74, 6) is 0.234. The highest BCUT2D eigenvalue weighted by Crippen LogP contribution is 1.97. The number of hydrogen-bond donors (Lipinski definition) is 2. The van der Waals surface area contributed by atoms with Crippen molar-refractivity contribution in [1.82, 2.24) is 5.32 Å². The van der Waals surface area contributed by atoms with E-state index < -0.39 is 0 Å². The van der Waals surface area contributed by atoms with Crippen LogP contribution in [0.4, 0.5) is 0 Å². The lowest BCUT2D eigenvalue weighted by molar-refractivity contribution is -0.119. The highest BCUT2D eigenvalue weighted by atomic mass is 16.1. The number of nitrogens with zero attached hydrogens (tertiary/aromatic N) is 1. The molecule has 0 aromatic heterocycles. The van der Waals surface area contributed by atoms with Crippen LogP contribution in [-0.2, 0) is 4.79 Å². The molecule has 0 heterocycles. The first-order valence-corrected chi connectivity index (χ1v) is 4.30. The normalized spacial score (nSPS) is 11.1. The highest BCUT2D eigenvalue weighted by molar-refractivity contribution is 5.98. The molecule has 0 fully saturated rings. The van der Waals surface area contributed by atoms with Gasteiger partial charge in [-0.25, -0.2) is 0 Å². The van der Waals surface area contributed by atoms with Gasteiger partial charge >= 0.3 is 0 Å². The number of nitrogens with one attached hydrogen (secondary N) is 1. The molecule has 1 amide bonds. The van der Waals surface area contributed by atoms with Crippen LogP contribution in [0.5, 0.6) is 0 Å². The van der Waals surface area contributed by atoms with Crippen molar-refractivity contribution in [2.75, 3.05) is 13.6 Å². The summed E-state index contributed by atoms with van der Waals surface area (Å²) in [5, 5.41) is 2.47. The van der Waals surface area contributed by atoms with Gasteiger partial charge in [0.1, 0.15) is 12.4 Å². The average Bonchev–Trinajstić information content (AvgIpc) is 2.26. The summed E-state index contributed by atoms with van der Waals surface area (Å²) in [6.07, 6.45) is 0. The van der Waals surface area contributed by atoms with E-state index in [2.05, 4.69) is 10.3 Å². The minimum atomic E-state index is -0.149. The Morgan fingerprint density at radius 1 is 1.43 bits per heavy atom. The quantitative estimate of drug-likeness (QED) is 0.527. The topological polar surface area (TPSA) is 67.5 Å². The Balaban J connectivity index is 2.66. The minimum Gasteiger partial charge on any atom is -0.383 e. The number of amides is 1. The molecule has 3 N–H and O–H groups in total. The lowest BCUT2D eigenvalue weighted by Gasteiger charge is -1.99. The summed E-state index contributed by atoms with van der Waals surface area (Å²) < 4.78 is 0. The van der Waals surface area contributed by atoms with Crippen LogP contribution in [0.15, 0.2) is 35.3 Å². The van der Waals surface area contributed by atoms with Gasteiger partial charge in [-0.15, -0.1) is 0 Å². The predicted octanol–water partition coefficient (Wildman–Crippen LogP) is 0.138. The molecule has 0 unspecified atom stereocenters. The molecule has 0 radical (unpaired) electrons. The lowest BCUT2D eigenvalue weighted by atomic mass is 10.2. The zero-order chi connectivity index (χ0) is 10.4. The number of aliphatic imine (C=N–C) groups is 1. The fraction of sp³-hybridized carbons (Fsp3) is 0.200. The van der Waals surface area contributed by atoms with E-state index in [1.165, 1.54) is 0 Å². The molecule has 1 aromatic carbocycles. The van der Waals surface area contributed by atoms with Crippen LogP contribution in [-0.4, -0.2) is 25.3 Å². The van der Waals surface area contributed by atoms with Crippen LogP contribution >= 0.6 is 0 Å². The molecular formula is C10H13N3O. The maximum Gasteiger partial charge on any atom is 0.241 e. The molecule has 0 bridgehead atoms. The molecule has 1 rings (SSSR count). The molecule has 74 valence electrons. The third kappa shape index (κ3) is 2.90. The maximum absolute atomic E-state index is 10.9. The first kappa shape index (κ1) is 10.2. The maximum atomic E-state index is 10.9. The second kappa shape index (κ2) is 5.01. The Morgan fingerprint density at radius 3 is 2.64 bits per heavy atom. The van der Waals surface area contributed by atoms with Gasteiger partial charge < -0.3 is 11.1 Å². The third-order valence-corrected chi connectivity index (χ3v) is 1.74. The molecule has 4 nitrogen and oxygen atoms in total. The molecule has 0 aliphatic rings. The Morgan fingerprint density at radius 2 is 2.07 bits per heavy atom. The number of hydrogen-bond acceptors (Lipinski definition) is 2. The molecule has 0 atom stereocenters. The zero-order valence-corrected chi connectivity index (χ0v) is 8.03. The Hall–Kier alpha value is -1.84. The molecular weight excluding hydrogens is 178 g/mol. The van der Waals surface area contributed by atoms with Crippen LogP contribution in [0.2, 0.25) is 0 Å². The van der Waals surface area contributed by atoms with E-state index in [1.54, 1.807) is 7.05 Å². The predicted molar refractivity (Wildman–Crippen MR) is 56.1 cm³/mol. The van der Waals surface area contributed by atoms with Crippen molar-refractivity contribution in [3.8, 4) is 0 Å². The van der Waals surface area contributed by atoms with Gasteiger partial charge in [0.25, 0.3) is 0 Å². The summed E-state index contributed by atoms with van der Waals surface area (Å²) in [6.45, 7) is 0.0667. The number of carbonyl (C=O) groups excluding carboxylic acids is 1. The molecule has 0 spiro atoms. The van der Waals surface area contributed by atoms with Crippen molar-refractivity contribution < 1.29 is 4.79 Å². The van der Waals surface area contributed by atoms with E-state index in [-0.39, 0.29) is 12.5 Å². The number of benzene rings is 1. The van der Waals surface area contributed by atoms with Crippen LogP contribution in [0.25, 0.3) is 0 Å². The number of nitrogens with two attached hydrogens (primary N) is 1. The molecule has 0 aliphatic heterocycles. The lowest BCUT2D eigenvalue weighted by Crippen LogP contribution is -2.23. The van der Waals surface area contributed by atoms with Crippen LogP contribution in [0, 0.1) is 0 Å². The minimum absolute atomic E-state index is 0.0667. The van der Waals surface area contributed by atoms with Crippen LogP contribution in [0.1, 0.15) is 5.56 Å². The van der Waals surface area contributed by atoms with Gasteiger partial charge in [-0.05, 0) is 0 Å². The smallest absolute Gasteiger partial charge is 0.241 e. The van der Waals surface area contributed by atoms with Crippen molar-refractivity contribution in [3.05, 3.63) is 35.9 Å². The first-order valence-electron chi connectivity index (χ1n) is 4.30. The summed E-state index contributed by atoms with van der Waals surface area (Å²) >= 11 is 0. The monoisotopic (exact) mass is 191 g/mol. The van der Waals surface area contributed by atoms with E-state index in [4.69, 9.17) is 5.73 Å². The van der Waals surface area contributed by atoms with Gasteiger partial charge in [0, 0.05) is 12.6 Å². The van der Waals surface area contributed by atoms with Crippen molar-refractivity contribution in [2.45, 2.75) is 0 Å². The van der Waals surface area contributed by atoms with Gasteiger partial charge in [-0.1, -0.05) is 30.3 Å². The molecule has 14 heavy (non-hydrogen) atoms. The fourth-order valence-corrected chi connectivity index (χ4v) is 0.936. The molecule has 0 saturated carbocycles. The number of likely N-dealkylation sites (N-methyl/N-ethyl adjacent to an activating group) is 1. The van der Waals surface area contributed by atoms with Gasteiger partial charge in [0.2, 0.25) is 5.91 Å². The van der Waals surface area contributed by atoms with E-state index >= 15 is 0 Å². The molecule has 0 aliphatic carbocycles. The van der Waals surface area contributed by atoms with Crippen molar-refractivity contribution in [2.24, 2.45) is 10.7 Å². The molecule has 1 aromatic rings. The second-order valence-corrected chi connectivity index (χ2v) is 2.74. The SMILES string of the molecule is CNC(=O)CN=C(N)c1ccccc1. The van der Waals surface area contributed by atoms with Gasteiger partial charge in [0.05, 0.1) is 0 Å². The van der Waals surface area contributed by atoms with Gasteiger partial charge in [-0.2, -0.15) is 0 Å². The standard InChI is InChI=1S/C10H13N3O/c1-12-9(14)7-13-10(11)8-5-3-2-4-6-8/h2-6H,7H2,1H3,(H2,11,13)(H,12,14). The number of rotatable bonds is 3. The van der Waals surface area contributed by atoms with E-state index in [9.17, 15) is 4.79 Å². The summed E-state index contributed by atoms with van der Waals surface area (Å²) in [5.41, 5.74) is 6.50. The van der Waals surface area contributed by atoms with E-state index in [0.29, 0.717) is 5.84 Å². The zero-order valence-electron chi connectivity index (χ0n) is 8.03. The summed E-state index contributed by atoms with van der Waals surface area (Å²) in [7, 11) is 1.57. The van der Waals surface area contributed by atoms with Gasteiger partial charge in [-0.3, -0.25) is 9.79 Å². The molecule has 4 heteroatoms. The summed E-state index contributed by atoms with van der Waals surface area (Å²) in [6, 6.07) is 9.34. The Labute approximate surface area is 82.8 Å². The van der Waals surface area contributed by atoms with Crippen LogP contribution < -0.4 is 11.1 Å². The Bertz CT molecular complexity index is 332. The first-order chi connectivity index (χ1) is 6.74. The number of carbonyl (C=O) groups is 1. The van der Waals surface area contributed by atoms with Crippen molar-refractivity contribution >= 4 is 11.7 Å². The van der Waals surface area contributed by atoms with Crippen molar-refractivity contribution in [3.63, 3.8) is 0 Å². The van der Waals surface area contributed by atoms with E-state index in [0.717, 1.165) is 5.56 Å².